The lowest BCUT2D eigenvalue weighted by atomic mass is 10.0. The van der Waals surface area contributed by atoms with Crippen molar-refractivity contribution >= 4 is 11.8 Å². The highest BCUT2D eigenvalue weighted by atomic mass is 15.1. The summed E-state index contributed by atoms with van der Waals surface area (Å²) in [7, 11) is 1.84. The topological polar surface area (TPSA) is 49.8 Å². The molecule has 1 saturated carbocycles. The van der Waals surface area contributed by atoms with Gasteiger partial charge in [-0.1, -0.05) is 25.7 Å². The highest BCUT2D eigenvalue weighted by Crippen LogP contribution is 2.27. The highest BCUT2D eigenvalue weighted by Gasteiger charge is 2.14. The molecule has 0 spiro atoms. The zero-order chi connectivity index (χ0) is 12.1. The van der Waals surface area contributed by atoms with Crippen molar-refractivity contribution in [3.05, 3.63) is 11.8 Å². The number of nitrogens with one attached hydrogen (secondary N) is 2. The van der Waals surface area contributed by atoms with Gasteiger partial charge in [-0.25, -0.2) is 4.98 Å². The Bertz CT molecular complexity index is 358. The summed E-state index contributed by atoms with van der Waals surface area (Å²) in [4.78, 5) is 8.66. The van der Waals surface area contributed by atoms with E-state index in [1.165, 1.54) is 32.1 Å². The van der Waals surface area contributed by atoms with Gasteiger partial charge in [0.05, 0.1) is 0 Å². The summed E-state index contributed by atoms with van der Waals surface area (Å²) in [6.45, 7) is 3.01. The summed E-state index contributed by atoms with van der Waals surface area (Å²) in [6, 6.07) is 2.00. The van der Waals surface area contributed by atoms with Crippen LogP contribution in [0.3, 0.4) is 0 Å². The largest absolute Gasteiger partial charge is 0.370 e. The molecule has 2 rings (SSSR count). The molecule has 4 heteroatoms. The molecule has 0 amide bonds. The minimum Gasteiger partial charge on any atom is -0.370 e. The van der Waals surface area contributed by atoms with Crippen molar-refractivity contribution in [1.29, 1.82) is 0 Å². The van der Waals surface area contributed by atoms with Crippen LogP contribution in [0.4, 0.5) is 11.8 Å². The zero-order valence-electron chi connectivity index (χ0n) is 10.8. The Morgan fingerprint density at radius 1 is 1.29 bits per heavy atom. The molecule has 0 atom stereocenters. The maximum absolute atomic E-state index is 4.38. The average Bonchev–Trinajstić information content (AvgIpc) is 2.81. The van der Waals surface area contributed by atoms with Gasteiger partial charge in [-0.15, -0.1) is 0 Å². The molecular weight excluding hydrogens is 212 g/mol. The third kappa shape index (κ3) is 3.58. The third-order valence-corrected chi connectivity index (χ3v) is 3.41. The SMILES string of the molecule is CNc1nc(C)cc(NCCC2CCCC2)n1. The molecule has 0 bridgehead atoms. The number of hydrogen-bond acceptors (Lipinski definition) is 4. The van der Waals surface area contributed by atoms with Crippen LogP contribution in [0.25, 0.3) is 0 Å². The molecule has 2 N–H and O–H groups in total. The number of nitrogens with zero attached hydrogens (tertiary/aromatic N) is 2. The van der Waals surface area contributed by atoms with Gasteiger partial charge in [-0.2, -0.15) is 4.98 Å². The molecule has 1 aromatic rings. The van der Waals surface area contributed by atoms with Gasteiger partial charge in [-0.05, 0) is 19.3 Å². The fraction of sp³-hybridized carbons (Fsp3) is 0.692. The van der Waals surface area contributed by atoms with Crippen molar-refractivity contribution in [2.24, 2.45) is 5.92 Å². The molecule has 0 aliphatic heterocycles. The molecule has 1 aromatic heterocycles. The van der Waals surface area contributed by atoms with Crippen molar-refractivity contribution in [3.8, 4) is 0 Å². The monoisotopic (exact) mass is 234 g/mol. The Kier molecular flexibility index (Phi) is 4.18. The lowest BCUT2D eigenvalue weighted by Crippen LogP contribution is -2.09. The molecule has 0 radical (unpaired) electrons. The average molecular weight is 234 g/mol. The van der Waals surface area contributed by atoms with Crippen LogP contribution in [0.5, 0.6) is 0 Å². The fourth-order valence-electron chi connectivity index (χ4n) is 2.47. The van der Waals surface area contributed by atoms with Crippen LogP contribution in [0.1, 0.15) is 37.8 Å². The molecule has 0 unspecified atom stereocenters. The molecular formula is C13H22N4. The second-order valence-electron chi connectivity index (χ2n) is 4.83. The van der Waals surface area contributed by atoms with Crippen molar-refractivity contribution in [3.63, 3.8) is 0 Å². The molecule has 1 heterocycles. The Morgan fingerprint density at radius 3 is 2.76 bits per heavy atom. The molecule has 1 aliphatic carbocycles. The number of hydrogen-bond donors (Lipinski definition) is 2. The first-order valence-electron chi connectivity index (χ1n) is 6.55. The number of aromatic nitrogens is 2. The van der Waals surface area contributed by atoms with E-state index in [4.69, 9.17) is 0 Å². The minimum absolute atomic E-state index is 0.688. The summed E-state index contributed by atoms with van der Waals surface area (Å²) in [5.74, 6) is 2.54. The summed E-state index contributed by atoms with van der Waals surface area (Å²) >= 11 is 0. The normalized spacial score (nSPS) is 16.1. The predicted octanol–water partition coefficient (Wildman–Crippen LogP) is 2.82. The van der Waals surface area contributed by atoms with Crippen molar-refractivity contribution in [2.45, 2.75) is 39.0 Å². The molecule has 0 saturated heterocycles. The van der Waals surface area contributed by atoms with Gasteiger partial charge in [0.2, 0.25) is 5.95 Å². The Balaban J connectivity index is 1.83. The summed E-state index contributed by atoms with van der Waals surface area (Å²) < 4.78 is 0. The van der Waals surface area contributed by atoms with E-state index in [-0.39, 0.29) is 0 Å². The minimum atomic E-state index is 0.688. The highest BCUT2D eigenvalue weighted by molar-refractivity contribution is 5.41. The second-order valence-corrected chi connectivity index (χ2v) is 4.83. The van der Waals surface area contributed by atoms with Crippen LogP contribution in [0, 0.1) is 12.8 Å². The van der Waals surface area contributed by atoms with E-state index in [9.17, 15) is 0 Å². The van der Waals surface area contributed by atoms with E-state index in [0.717, 1.165) is 24.0 Å². The number of rotatable bonds is 5. The van der Waals surface area contributed by atoms with Gasteiger partial charge in [0.25, 0.3) is 0 Å². The number of anilines is 2. The molecule has 94 valence electrons. The molecule has 17 heavy (non-hydrogen) atoms. The first-order chi connectivity index (χ1) is 8.28. The molecule has 0 aromatic carbocycles. The number of aryl methyl sites for hydroxylation is 1. The van der Waals surface area contributed by atoms with E-state index < -0.39 is 0 Å². The molecule has 1 aliphatic rings. The lowest BCUT2D eigenvalue weighted by Gasteiger charge is -2.11. The maximum atomic E-state index is 4.38. The van der Waals surface area contributed by atoms with Crippen LogP contribution >= 0.6 is 0 Å². The van der Waals surface area contributed by atoms with Crippen LogP contribution in [-0.2, 0) is 0 Å². The summed E-state index contributed by atoms with van der Waals surface area (Å²) in [5.41, 5.74) is 0.993. The van der Waals surface area contributed by atoms with Gasteiger partial charge in [0.1, 0.15) is 5.82 Å². The van der Waals surface area contributed by atoms with E-state index in [1.807, 2.05) is 20.0 Å². The quantitative estimate of drug-likeness (QED) is 0.822. The standard InChI is InChI=1S/C13H22N4/c1-10-9-12(17-13(14-2)16-10)15-8-7-11-5-3-4-6-11/h9,11H,3-8H2,1-2H3,(H2,14,15,16,17). The Hall–Kier alpha value is -1.32. The van der Waals surface area contributed by atoms with Crippen LogP contribution in [0.2, 0.25) is 0 Å². The third-order valence-electron chi connectivity index (χ3n) is 3.41. The van der Waals surface area contributed by atoms with E-state index in [0.29, 0.717) is 5.95 Å². The molecule has 4 nitrogen and oxygen atoms in total. The zero-order valence-corrected chi connectivity index (χ0v) is 10.8. The van der Waals surface area contributed by atoms with Crippen molar-refractivity contribution < 1.29 is 0 Å². The smallest absolute Gasteiger partial charge is 0.224 e. The Labute approximate surface area is 103 Å². The van der Waals surface area contributed by atoms with Crippen molar-refractivity contribution in [1.82, 2.24) is 9.97 Å². The van der Waals surface area contributed by atoms with Gasteiger partial charge in [-0.3, -0.25) is 0 Å². The first kappa shape index (κ1) is 12.1. The summed E-state index contributed by atoms with van der Waals surface area (Å²) in [5, 5.41) is 6.37. The van der Waals surface area contributed by atoms with Crippen LogP contribution in [-0.4, -0.2) is 23.6 Å². The predicted molar refractivity (Wildman–Crippen MR) is 71.4 cm³/mol. The maximum Gasteiger partial charge on any atom is 0.224 e. The van der Waals surface area contributed by atoms with Gasteiger partial charge in [0.15, 0.2) is 0 Å². The van der Waals surface area contributed by atoms with Crippen LogP contribution < -0.4 is 10.6 Å². The lowest BCUT2D eigenvalue weighted by molar-refractivity contribution is 0.518. The van der Waals surface area contributed by atoms with Gasteiger partial charge >= 0.3 is 0 Å². The first-order valence-corrected chi connectivity index (χ1v) is 6.55. The van der Waals surface area contributed by atoms with Crippen molar-refractivity contribution in [2.75, 3.05) is 24.2 Å². The molecule has 1 fully saturated rings. The summed E-state index contributed by atoms with van der Waals surface area (Å²) in [6.07, 6.45) is 6.92. The van der Waals surface area contributed by atoms with Gasteiger partial charge < -0.3 is 10.6 Å². The second kappa shape index (κ2) is 5.84. The van der Waals surface area contributed by atoms with Crippen LogP contribution in [0.15, 0.2) is 6.07 Å². The Morgan fingerprint density at radius 2 is 2.06 bits per heavy atom. The van der Waals surface area contributed by atoms with E-state index in [1.54, 1.807) is 0 Å². The fourth-order valence-corrected chi connectivity index (χ4v) is 2.47. The van der Waals surface area contributed by atoms with E-state index in [2.05, 4.69) is 20.6 Å². The van der Waals surface area contributed by atoms with Gasteiger partial charge in [0, 0.05) is 25.4 Å². The van der Waals surface area contributed by atoms with E-state index >= 15 is 0 Å².